The van der Waals surface area contributed by atoms with Crippen LogP contribution in [0, 0.1) is 0 Å². The lowest BCUT2D eigenvalue weighted by Gasteiger charge is -2.13. The van der Waals surface area contributed by atoms with Gasteiger partial charge in [0.2, 0.25) is 0 Å². The predicted octanol–water partition coefficient (Wildman–Crippen LogP) is 3.92. The molecule has 3 aromatic rings. The van der Waals surface area contributed by atoms with Crippen LogP contribution in [0.3, 0.4) is 0 Å². The van der Waals surface area contributed by atoms with Gasteiger partial charge in [-0.25, -0.2) is 8.42 Å². The maximum Gasteiger partial charge on any atom is 0.262 e. The number of sulfonamides is 1. The Labute approximate surface area is 197 Å². The summed E-state index contributed by atoms with van der Waals surface area (Å²) >= 11 is 0. The summed E-state index contributed by atoms with van der Waals surface area (Å²) < 4.78 is 49.8. The van der Waals surface area contributed by atoms with E-state index in [2.05, 4.69) is 10.0 Å². The fourth-order valence-electron chi connectivity index (χ4n) is 3.34. The highest BCUT2D eigenvalue weighted by atomic mass is 32.2. The molecule has 3 aromatic carbocycles. The summed E-state index contributed by atoms with van der Waals surface area (Å²) in [7, 11) is -0.873. The lowest BCUT2D eigenvalue weighted by atomic mass is 10.1. The minimum atomic E-state index is -3.86. The molecular weight excluding hydrogens is 460 g/mol. The van der Waals surface area contributed by atoms with Crippen molar-refractivity contribution in [3.05, 3.63) is 66.2 Å². The predicted molar refractivity (Wildman–Crippen MR) is 127 cm³/mol. The first kappa shape index (κ1) is 23.2. The van der Waals surface area contributed by atoms with Gasteiger partial charge in [-0.3, -0.25) is 9.52 Å². The number of anilines is 2. The smallest absolute Gasteiger partial charge is 0.262 e. The van der Waals surface area contributed by atoms with E-state index in [0.29, 0.717) is 53.2 Å². The second-order valence-electron chi connectivity index (χ2n) is 7.36. The highest BCUT2D eigenvalue weighted by molar-refractivity contribution is 7.92. The number of carbonyl (C=O) groups is 1. The average molecular weight is 485 g/mol. The summed E-state index contributed by atoms with van der Waals surface area (Å²) in [5.41, 5.74) is 1.12. The third kappa shape index (κ3) is 5.18. The molecule has 1 amide bonds. The van der Waals surface area contributed by atoms with Crippen molar-refractivity contribution in [3.63, 3.8) is 0 Å². The van der Waals surface area contributed by atoms with Crippen molar-refractivity contribution in [1.29, 1.82) is 0 Å². The van der Waals surface area contributed by atoms with Gasteiger partial charge in [0.05, 0.1) is 37.9 Å². The Kier molecular flexibility index (Phi) is 6.78. The fourth-order valence-corrected chi connectivity index (χ4v) is 4.41. The number of hydrogen-bond donors (Lipinski definition) is 2. The topological polar surface area (TPSA) is 112 Å². The molecule has 0 unspecified atom stereocenters. The van der Waals surface area contributed by atoms with Crippen LogP contribution in [0.15, 0.2) is 65.6 Å². The molecule has 2 N–H and O–H groups in total. The van der Waals surface area contributed by atoms with Crippen LogP contribution in [-0.2, 0) is 10.0 Å². The molecule has 0 bridgehead atoms. The molecule has 0 fully saturated rings. The van der Waals surface area contributed by atoms with Crippen molar-refractivity contribution in [3.8, 4) is 23.0 Å². The Morgan fingerprint density at radius 2 is 1.56 bits per heavy atom. The minimum Gasteiger partial charge on any atom is -0.497 e. The molecule has 10 heteroatoms. The van der Waals surface area contributed by atoms with Crippen LogP contribution in [0.1, 0.15) is 16.8 Å². The first-order valence-corrected chi connectivity index (χ1v) is 11.9. The van der Waals surface area contributed by atoms with E-state index in [9.17, 15) is 13.2 Å². The molecule has 1 heterocycles. The van der Waals surface area contributed by atoms with Crippen molar-refractivity contribution in [2.45, 2.75) is 11.3 Å². The van der Waals surface area contributed by atoms with Crippen LogP contribution in [0.2, 0.25) is 0 Å². The van der Waals surface area contributed by atoms with Gasteiger partial charge >= 0.3 is 0 Å². The molecule has 0 aromatic heterocycles. The zero-order valence-electron chi connectivity index (χ0n) is 18.7. The first-order chi connectivity index (χ1) is 16.4. The number of fused-ring (bicyclic) bond motifs is 1. The number of amides is 1. The summed E-state index contributed by atoms with van der Waals surface area (Å²) in [6, 6.07) is 15.7. The lowest BCUT2D eigenvalue weighted by molar-refractivity contribution is 0.102. The average Bonchev–Trinajstić information content (AvgIpc) is 3.09. The first-order valence-electron chi connectivity index (χ1n) is 10.5. The fraction of sp³-hybridized carbons (Fsp3) is 0.208. The molecule has 9 nitrogen and oxygen atoms in total. The SMILES string of the molecule is COc1ccc(OC)c(C(=O)Nc2ccc(NS(=O)(=O)c3ccc4c(c3)OCCCO4)cc2)c1. The zero-order chi connectivity index (χ0) is 24.1. The zero-order valence-corrected chi connectivity index (χ0v) is 19.5. The maximum atomic E-state index is 12.8. The molecule has 0 atom stereocenters. The van der Waals surface area contributed by atoms with Gasteiger partial charge in [0.15, 0.2) is 11.5 Å². The van der Waals surface area contributed by atoms with Gasteiger partial charge in [0.1, 0.15) is 11.5 Å². The van der Waals surface area contributed by atoms with Crippen molar-refractivity contribution >= 4 is 27.3 Å². The lowest BCUT2D eigenvalue weighted by Crippen LogP contribution is -2.14. The Bertz CT molecular complexity index is 1290. The molecule has 1 aliphatic rings. The molecule has 178 valence electrons. The largest absolute Gasteiger partial charge is 0.497 e. The molecule has 0 saturated carbocycles. The molecule has 0 spiro atoms. The summed E-state index contributed by atoms with van der Waals surface area (Å²) in [5.74, 6) is 1.44. The second kappa shape index (κ2) is 9.92. The number of hydrogen-bond acceptors (Lipinski definition) is 7. The summed E-state index contributed by atoms with van der Waals surface area (Å²) in [6.07, 6.45) is 0.725. The van der Waals surface area contributed by atoms with Gasteiger partial charge in [-0.15, -0.1) is 0 Å². The third-order valence-electron chi connectivity index (χ3n) is 5.08. The van der Waals surface area contributed by atoms with E-state index < -0.39 is 15.9 Å². The molecule has 4 rings (SSSR count). The van der Waals surface area contributed by atoms with E-state index in [1.165, 1.54) is 26.4 Å². The molecule has 1 aliphatic heterocycles. The maximum absolute atomic E-state index is 12.8. The van der Waals surface area contributed by atoms with E-state index in [0.717, 1.165) is 6.42 Å². The Morgan fingerprint density at radius 1 is 0.853 bits per heavy atom. The quantitative estimate of drug-likeness (QED) is 0.523. The van der Waals surface area contributed by atoms with Gasteiger partial charge in [-0.05, 0) is 54.6 Å². The van der Waals surface area contributed by atoms with Crippen LogP contribution in [0.25, 0.3) is 0 Å². The number of benzene rings is 3. The number of carbonyl (C=O) groups excluding carboxylic acids is 1. The van der Waals surface area contributed by atoms with Crippen LogP contribution < -0.4 is 29.0 Å². The van der Waals surface area contributed by atoms with E-state index in [1.807, 2.05) is 0 Å². The second-order valence-corrected chi connectivity index (χ2v) is 9.04. The van der Waals surface area contributed by atoms with Crippen molar-refractivity contribution in [1.82, 2.24) is 0 Å². The van der Waals surface area contributed by atoms with Gasteiger partial charge in [-0.1, -0.05) is 0 Å². The Morgan fingerprint density at radius 3 is 2.26 bits per heavy atom. The normalized spacial score (nSPS) is 12.9. The minimum absolute atomic E-state index is 0.0549. The van der Waals surface area contributed by atoms with Gasteiger partial charge in [-0.2, -0.15) is 0 Å². The molecule has 34 heavy (non-hydrogen) atoms. The van der Waals surface area contributed by atoms with E-state index >= 15 is 0 Å². The van der Waals surface area contributed by atoms with Crippen LogP contribution in [-0.4, -0.2) is 41.8 Å². The molecule has 0 aliphatic carbocycles. The molecular formula is C24H24N2O7S. The summed E-state index contributed by atoms with van der Waals surface area (Å²) in [5, 5.41) is 2.76. The number of nitrogens with one attached hydrogen (secondary N) is 2. The van der Waals surface area contributed by atoms with E-state index in [1.54, 1.807) is 48.5 Å². The van der Waals surface area contributed by atoms with Gasteiger partial charge < -0.3 is 24.3 Å². The van der Waals surface area contributed by atoms with Crippen molar-refractivity contribution in [2.24, 2.45) is 0 Å². The van der Waals surface area contributed by atoms with Crippen molar-refractivity contribution in [2.75, 3.05) is 37.5 Å². The highest BCUT2D eigenvalue weighted by Crippen LogP contribution is 2.32. The van der Waals surface area contributed by atoms with Crippen molar-refractivity contribution < 1.29 is 32.2 Å². The van der Waals surface area contributed by atoms with E-state index in [-0.39, 0.29) is 4.90 Å². The highest BCUT2D eigenvalue weighted by Gasteiger charge is 2.19. The van der Waals surface area contributed by atoms with Crippen LogP contribution in [0.5, 0.6) is 23.0 Å². The van der Waals surface area contributed by atoms with Crippen LogP contribution >= 0.6 is 0 Å². The summed E-state index contributed by atoms with van der Waals surface area (Å²) in [6.45, 7) is 0.976. The molecule has 0 saturated heterocycles. The van der Waals surface area contributed by atoms with Gasteiger partial charge in [0.25, 0.3) is 15.9 Å². The Hall–Kier alpha value is -3.92. The van der Waals surface area contributed by atoms with Crippen LogP contribution in [0.4, 0.5) is 11.4 Å². The van der Waals surface area contributed by atoms with E-state index in [4.69, 9.17) is 18.9 Å². The Balaban J connectivity index is 1.47. The molecule has 0 radical (unpaired) electrons. The number of rotatable bonds is 7. The number of methoxy groups -OCH3 is 2. The standard InChI is InChI=1S/C24H24N2O7S/c1-30-18-8-10-21(31-2)20(14-18)24(27)25-16-4-6-17(7-5-16)26-34(28,29)19-9-11-22-23(15-19)33-13-3-12-32-22/h4-11,14-15,26H,3,12-13H2,1-2H3,(H,25,27). The monoisotopic (exact) mass is 484 g/mol. The third-order valence-corrected chi connectivity index (χ3v) is 6.45. The number of ether oxygens (including phenoxy) is 4. The van der Waals surface area contributed by atoms with Gasteiger partial charge in [0, 0.05) is 23.9 Å². The summed E-state index contributed by atoms with van der Waals surface area (Å²) in [4.78, 5) is 12.8.